The van der Waals surface area contributed by atoms with E-state index in [4.69, 9.17) is 4.74 Å². The number of esters is 1. The Balaban J connectivity index is 1.71. The van der Waals surface area contributed by atoms with E-state index in [1.165, 1.54) is 30.7 Å². The molecular formula is C17H22FNO3. The number of ether oxygens (including phenoxy) is 1. The molecule has 1 fully saturated rings. The van der Waals surface area contributed by atoms with Gasteiger partial charge in [-0.05, 0) is 36.5 Å². The third-order valence-corrected chi connectivity index (χ3v) is 4.08. The van der Waals surface area contributed by atoms with Gasteiger partial charge in [-0.2, -0.15) is 0 Å². The van der Waals surface area contributed by atoms with Crippen LogP contribution in [0.2, 0.25) is 0 Å². The molecule has 1 aromatic carbocycles. The van der Waals surface area contributed by atoms with Crippen molar-refractivity contribution in [3.63, 3.8) is 0 Å². The fraction of sp³-hybridized carbons (Fsp3) is 0.529. The second-order valence-electron chi connectivity index (χ2n) is 5.90. The van der Waals surface area contributed by atoms with Gasteiger partial charge in [0, 0.05) is 6.04 Å². The van der Waals surface area contributed by atoms with Crippen LogP contribution in [-0.2, 0) is 20.7 Å². The molecule has 0 unspecified atom stereocenters. The van der Waals surface area contributed by atoms with E-state index in [1.807, 2.05) is 0 Å². The maximum atomic E-state index is 12.8. The van der Waals surface area contributed by atoms with Gasteiger partial charge in [-0.3, -0.25) is 9.59 Å². The number of rotatable bonds is 5. The van der Waals surface area contributed by atoms with E-state index < -0.39 is 5.97 Å². The molecule has 0 bridgehead atoms. The van der Waals surface area contributed by atoms with Gasteiger partial charge in [0.15, 0.2) is 6.61 Å². The summed E-state index contributed by atoms with van der Waals surface area (Å²) in [6.45, 7) is 1.87. The summed E-state index contributed by atoms with van der Waals surface area (Å²) in [6.07, 6.45) is 4.47. The van der Waals surface area contributed by atoms with Crippen molar-refractivity contribution in [1.29, 1.82) is 0 Å². The van der Waals surface area contributed by atoms with Crippen LogP contribution >= 0.6 is 0 Å². The largest absolute Gasteiger partial charge is 0.455 e. The number of nitrogens with one attached hydrogen (secondary N) is 1. The number of hydrogen-bond acceptors (Lipinski definition) is 3. The molecule has 1 aliphatic rings. The normalized spacial score (nSPS) is 21.2. The molecule has 2 atom stereocenters. The van der Waals surface area contributed by atoms with E-state index in [2.05, 4.69) is 12.2 Å². The number of hydrogen-bond donors (Lipinski definition) is 1. The van der Waals surface area contributed by atoms with Gasteiger partial charge in [0.05, 0.1) is 6.42 Å². The molecule has 1 aliphatic carbocycles. The van der Waals surface area contributed by atoms with Gasteiger partial charge in [-0.15, -0.1) is 0 Å². The summed E-state index contributed by atoms with van der Waals surface area (Å²) in [5.74, 6) is -0.629. The van der Waals surface area contributed by atoms with Gasteiger partial charge in [-0.25, -0.2) is 4.39 Å². The lowest BCUT2D eigenvalue weighted by atomic mass is 9.86. The van der Waals surface area contributed by atoms with Gasteiger partial charge in [-0.1, -0.05) is 31.9 Å². The van der Waals surface area contributed by atoms with Crippen molar-refractivity contribution in [3.05, 3.63) is 35.6 Å². The van der Waals surface area contributed by atoms with Crippen LogP contribution < -0.4 is 5.32 Å². The van der Waals surface area contributed by atoms with Crippen molar-refractivity contribution < 1.29 is 18.7 Å². The monoisotopic (exact) mass is 307 g/mol. The second-order valence-corrected chi connectivity index (χ2v) is 5.90. The first-order valence-corrected chi connectivity index (χ1v) is 7.74. The van der Waals surface area contributed by atoms with Crippen LogP contribution in [-0.4, -0.2) is 24.5 Å². The molecule has 1 amide bonds. The first kappa shape index (κ1) is 16.5. The number of benzene rings is 1. The van der Waals surface area contributed by atoms with Crippen molar-refractivity contribution >= 4 is 11.9 Å². The number of carbonyl (C=O) groups excluding carboxylic acids is 2. The lowest BCUT2D eigenvalue weighted by molar-refractivity contribution is -0.148. The Labute approximate surface area is 130 Å². The molecule has 1 saturated carbocycles. The molecule has 1 N–H and O–H groups in total. The molecule has 0 aromatic heterocycles. The highest BCUT2D eigenvalue weighted by Gasteiger charge is 2.23. The molecule has 0 radical (unpaired) electrons. The summed E-state index contributed by atoms with van der Waals surface area (Å²) in [5.41, 5.74) is 0.660. The van der Waals surface area contributed by atoms with E-state index in [-0.39, 0.29) is 30.8 Å². The van der Waals surface area contributed by atoms with Gasteiger partial charge >= 0.3 is 5.97 Å². The van der Waals surface area contributed by atoms with Gasteiger partial charge < -0.3 is 10.1 Å². The molecule has 0 spiro atoms. The fourth-order valence-electron chi connectivity index (χ4n) is 2.75. The average molecular weight is 307 g/mol. The second kappa shape index (κ2) is 7.92. The zero-order valence-electron chi connectivity index (χ0n) is 12.8. The van der Waals surface area contributed by atoms with Crippen molar-refractivity contribution in [1.82, 2.24) is 5.32 Å². The third-order valence-electron chi connectivity index (χ3n) is 4.08. The molecule has 1 aromatic rings. The van der Waals surface area contributed by atoms with E-state index in [9.17, 15) is 14.0 Å². The lowest BCUT2D eigenvalue weighted by Gasteiger charge is -2.29. The topological polar surface area (TPSA) is 55.4 Å². The van der Waals surface area contributed by atoms with Gasteiger partial charge in [0.2, 0.25) is 0 Å². The highest BCUT2D eigenvalue weighted by atomic mass is 19.1. The zero-order valence-corrected chi connectivity index (χ0v) is 12.8. The first-order valence-electron chi connectivity index (χ1n) is 7.74. The predicted molar refractivity (Wildman–Crippen MR) is 80.6 cm³/mol. The SMILES string of the molecule is C[C@@H]1CCCC[C@H]1NC(=O)COC(=O)Cc1ccc(F)cc1. The van der Waals surface area contributed by atoms with Crippen LogP contribution in [0.1, 0.15) is 38.2 Å². The number of carbonyl (C=O) groups is 2. The fourth-order valence-corrected chi connectivity index (χ4v) is 2.75. The molecule has 0 aliphatic heterocycles. The summed E-state index contributed by atoms with van der Waals surface area (Å²) in [4.78, 5) is 23.5. The molecule has 0 heterocycles. The molecule has 2 rings (SSSR count). The summed E-state index contributed by atoms with van der Waals surface area (Å²) in [6, 6.07) is 5.82. The summed E-state index contributed by atoms with van der Waals surface area (Å²) >= 11 is 0. The standard InChI is InChI=1S/C17H22FNO3/c1-12-4-2-3-5-15(12)19-16(20)11-22-17(21)10-13-6-8-14(18)9-7-13/h6-9,12,15H,2-5,10-11H2,1H3,(H,19,20)/t12-,15-/m1/s1. The Bertz CT molecular complexity index is 515. The molecule has 22 heavy (non-hydrogen) atoms. The number of halogens is 1. The van der Waals surface area contributed by atoms with Crippen LogP contribution in [0.15, 0.2) is 24.3 Å². The Morgan fingerprint density at radius 1 is 1.23 bits per heavy atom. The van der Waals surface area contributed by atoms with Crippen molar-refractivity contribution in [2.75, 3.05) is 6.61 Å². The van der Waals surface area contributed by atoms with E-state index >= 15 is 0 Å². The minimum absolute atomic E-state index is 0.0351. The third kappa shape index (κ3) is 5.13. The molecule has 120 valence electrons. The van der Waals surface area contributed by atoms with Crippen molar-refractivity contribution in [2.45, 2.75) is 45.1 Å². The van der Waals surface area contributed by atoms with Crippen LogP contribution in [0, 0.1) is 11.7 Å². The van der Waals surface area contributed by atoms with Crippen LogP contribution in [0.3, 0.4) is 0 Å². The van der Waals surface area contributed by atoms with E-state index in [0.29, 0.717) is 11.5 Å². The minimum Gasteiger partial charge on any atom is -0.455 e. The van der Waals surface area contributed by atoms with Crippen LogP contribution in [0.5, 0.6) is 0 Å². The minimum atomic E-state index is -0.488. The maximum Gasteiger partial charge on any atom is 0.310 e. The molecule has 0 saturated heterocycles. The quantitative estimate of drug-likeness (QED) is 0.851. The number of amides is 1. The van der Waals surface area contributed by atoms with Gasteiger partial charge in [0.1, 0.15) is 5.82 Å². The Hall–Kier alpha value is -1.91. The predicted octanol–water partition coefficient (Wildman–Crippen LogP) is 2.61. The highest BCUT2D eigenvalue weighted by molar-refractivity contribution is 5.81. The smallest absolute Gasteiger partial charge is 0.310 e. The Morgan fingerprint density at radius 2 is 1.91 bits per heavy atom. The summed E-state index contributed by atoms with van der Waals surface area (Å²) in [7, 11) is 0. The van der Waals surface area contributed by atoms with E-state index in [0.717, 1.165) is 19.3 Å². The Kier molecular flexibility index (Phi) is 5.92. The molecule has 5 heteroatoms. The van der Waals surface area contributed by atoms with Gasteiger partial charge in [0.25, 0.3) is 5.91 Å². The summed E-state index contributed by atoms with van der Waals surface area (Å²) in [5, 5.41) is 2.93. The van der Waals surface area contributed by atoms with Crippen molar-refractivity contribution in [3.8, 4) is 0 Å². The van der Waals surface area contributed by atoms with E-state index in [1.54, 1.807) is 0 Å². The van der Waals surface area contributed by atoms with Crippen LogP contribution in [0.25, 0.3) is 0 Å². The Morgan fingerprint density at radius 3 is 2.59 bits per heavy atom. The molecule has 4 nitrogen and oxygen atoms in total. The lowest BCUT2D eigenvalue weighted by Crippen LogP contribution is -2.42. The van der Waals surface area contributed by atoms with Crippen LogP contribution in [0.4, 0.5) is 4.39 Å². The highest BCUT2D eigenvalue weighted by Crippen LogP contribution is 2.23. The average Bonchev–Trinajstić information content (AvgIpc) is 2.50. The van der Waals surface area contributed by atoms with Crippen molar-refractivity contribution in [2.24, 2.45) is 5.92 Å². The zero-order chi connectivity index (χ0) is 15.9. The first-order chi connectivity index (χ1) is 10.5. The summed E-state index contributed by atoms with van der Waals surface area (Å²) < 4.78 is 17.7. The molecular weight excluding hydrogens is 285 g/mol. The maximum absolute atomic E-state index is 12.8.